The van der Waals surface area contributed by atoms with E-state index in [0.29, 0.717) is 18.4 Å². The van der Waals surface area contributed by atoms with Crippen LogP contribution >= 0.6 is 0 Å². The Kier molecular flexibility index (Phi) is 6.42. The van der Waals surface area contributed by atoms with Crippen LogP contribution in [0.3, 0.4) is 0 Å². The highest BCUT2D eigenvalue weighted by molar-refractivity contribution is 5.86. The monoisotopic (exact) mass is 401 g/mol. The van der Waals surface area contributed by atoms with Crippen LogP contribution in [-0.2, 0) is 17.3 Å². The number of alkyl carbamates (subject to hydrolysis) is 1. The van der Waals surface area contributed by atoms with Gasteiger partial charge in [0, 0.05) is 0 Å². The third kappa shape index (κ3) is 5.50. The molecule has 6 heteroatoms. The highest BCUT2D eigenvalue weighted by Gasteiger charge is 2.30. The van der Waals surface area contributed by atoms with Gasteiger partial charge in [-0.15, -0.1) is 0 Å². The molecule has 29 heavy (non-hydrogen) atoms. The first-order valence-corrected chi connectivity index (χ1v) is 9.41. The second kappa shape index (κ2) is 8.99. The van der Waals surface area contributed by atoms with Crippen molar-refractivity contribution < 1.29 is 22.7 Å². The summed E-state index contributed by atoms with van der Waals surface area (Å²) < 4.78 is 43.4. The first-order valence-electron chi connectivity index (χ1n) is 9.41. The lowest BCUT2D eigenvalue weighted by atomic mass is 10.00. The molecule has 3 rings (SSSR count). The molecule has 3 aromatic carbocycles. The second-order valence-corrected chi connectivity index (χ2v) is 6.87. The van der Waals surface area contributed by atoms with Gasteiger partial charge in [0.2, 0.25) is 0 Å². The molecule has 152 valence electrons. The summed E-state index contributed by atoms with van der Waals surface area (Å²) in [7, 11) is 0. The lowest BCUT2D eigenvalue weighted by Crippen LogP contribution is -2.27. The van der Waals surface area contributed by atoms with E-state index in [1.165, 1.54) is 6.07 Å². The Bertz CT molecular complexity index is 980. The van der Waals surface area contributed by atoms with Crippen LogP contribution < -0.4 is 5.32 Å². The minimum absolute atomic E-state index is 0.129. The van der Waals surface area contributed by atoms with Gasteiger partial charge in [-0.2, -0.15) is 13.2 Å². The zero-order valence-corrected chi connectivity index (χ0v) is 16.0. The van der Waals surface area contributed by atoms with Gasteiger partial charge < -0.3 is 10.1 Å². The Morgan fingerprint density at radius 2 is 1.76 bits per heavy atom. The molecule has 0 saturated heterocycles. The Labute approximate surface area is 167 Å². The number of hydrogen-bond acceptors (Lipinski definition) is 2. The summed E-state index contributed by atoms with van der Waals surface area (Å²) in [4.78, 5) is 12.1. The van der Waals surface area contributed by atoms with Gasteiger partial charge in [0.05, 0.1) is 18.2 Å². The van der Waals surface area contributed by atoms with E-state index in [0.717, 1.165) is 28.5 Å². The first kappa shape index (κ1) is 20.7. The Hall–Kier alpha value is -3.02. The van der Waals surface area contributed by atoms with Gasteiger partial charge in [0.1, 0.15) is 0 Å². The summed E-state index contributed by atoms with van der Waals surface area (Å²) in [6.07, 6.45) is -4.06. The fourth-order valence-corrected chi connectivity index (χ4v) is 3.27. The predicted octanol–water partition coefficient (Wildman–Crippen LogP) is 6.28. The number of benzene rings is 3. The highest BCUT2D eigenvalue weighted by atomic mass is 19.4. The number of nitrogens with one attached hydrogen (secondary N) is 1. The van der Waals surface area contributed by atoms with Crippen LogP contribution in [-0.4, -0.2) is 12.7 Å². The summed E-state index contributed by atoms with van der Waals surface area (Å²) in [6, 6.07) is 18.8. The zero-order chi connectivity index (χ0) is 20.9. The normalized spacial score (nSPS) is 12.6. The molecular weight excluding hydrogens is 379 g/mol. The summed E-state index contributed by atoms with van der Waals surface area (Å²) >= 11 is 0. The Morgan fingerprint density at radius 1 is 1.03 bits per heavy atom. The molecule has 0 bridgehead atoms. The molecule has 0 saturated carbocycles. The summed E-state index contributed by atoms with van der Waals surface area (Å²) in [5.74, 6) is 0. The lowest BCUT2D eigenvalue weighted by Gasteiger charge is -2.16. The van der Waals surface area contributed by atoms with E-state index in [4.69, 9.17) is 4.74 Å². The number of ether oxygens (including phenoxy) is 1. The fraction of sp³-hybridized carbons (Fsp3) is 0.261. The molecule has 0 aliphatic heterocycles. The molecule has 0 aliphatic rings. The van der Waals surface area contributed by atoms with Crippen molar-refractivity contribution in [3.63, 3.8) is 0 Å². The number of aryl methyl sites for hydroxylation is 1. The highest BCUT2D eigenvalue weighted by Crippen LogP contribution is 2.29. The largest absolute Gasteiger partial charge is 0.450 e. The Balaban J connectivity index is 1.49. The number of hydrogen-bond donors (Lipinski definition) is 1. The molecule has 0 aromatic heterocycles. The van der Waals surface area contributed by atoms with E-state index in [-0.39, 0.29) is 12.6 Å². The smallest absolute Gasteiger partial charge is 0.416 e. The minimum atomic E-state index is -4.36. The van der Waals surface area contributed by atoms with Crippen LogP contribution in [0.5, 0.6) is 0 Å². The molecule has 1 atom stereocenters. The topological polar surface area (TPSA) is 38.3 Å². The van der Waals surface area contributed by atoms with E-state index in [1.54, 1.807) is 6.07 Å². The number of alkyl halides is 3. The average Bonchev–Trinajstić information content (AvgIpc) is 2.70. The van der Waals surface area contributed by atoms with Crippen LogP contribution in [0, 0.1) is 0 Å². The van der Waals surface area contributed by atoms with Crippen LogP contribution in [0.1, 0.15) is 36.1 Å². The van der Waals surface area contributed by atoms with Crippen molar-refractivity contribution in [2.24, 2.45) is 0 Å². The third-order valence-electron chi connectivity index (χ3n) is 4.72. The maximum Gasteiger partial charge on any atom is 0.416 e. The molecule has 0 radical (unpaired) electrons. The summed E-state index contributed by atoms with van der Waals surface area (Å²) in [5.41, 5.74) is 0.884. The van der Waals surface area contributed by atoms with Crippen LogP contribution in [0.2, 0.25) is 0 Å². The van der Waals surface area contributed by atoms with Gasteiger partial charge in [-0.25, -0.2) is 4.79 Å². The van der Waals surface area contributed by atoms with Gasteiger partial charge in [-0.1, -0.05) is 60.7 Å². The third-order valence-corrected chi connectivity index (χ3v) is 4.72. The molecule has 1 N–H and O–H groups in total. The van der Waals surface area contributed by atoms with Crippen molar-refractivity contribution in [2.75, 3.05) is 6.61 Å². The first-order chi connectivity index (χ1) is 13.8. The van der Waals surface area contributed by atoms with E-state index in [1.807, 2.05) is 49.4 Å². The van der Waals surface area contributed by atoms with Gasteiger partial charge >= 0.3 is 12.3 Å². The van der Waals surface area contributed by atoms with E-state index < -0.39 is 17.8 Å². The van der Waals surface area contributed by atoms with Crippen molar-refractivity contribution in [3.05, 3.63) is 83.4 Å². The maximum atomic E-state index is 12.7. The Morgan fingerprint density at radius 3 is 2.55 bits per heavy atom. The predicted molar refractivity (Wildman–Crippen MR) is 107 cm³/mol. The lowest BCUT2D eigenvalue weighted by molar-refractivity contribution is -0.137. The number of halogens is 3. The SMILES string of the molecule is C[C@@H](NC(=O)OCCCc1cccc(C(F)(F)F)c1)c1cccc2ccccc12. The van der Waals surface area contributed by atoms with Crippen molar-refractivity contribution >= 4 is 16.9 Å². The van der Waals surface area contributed by atoms with Crippen molar-refractivity contribution in [3.8, 4) is 0 Å². The van der Waals surface area contributed by atoms with Crippen molar-refractivity contribution in [2.45, 2.75) is 32.0 Å². The van der Waals surface area contributed by atoms with E-state index in [2.05, 4.69) is 5.32 Å². The fourth-order valence-electron chi connectivity index (χ4n) is 3.27. The van der Waals surface area contributed by atoms with E-state index >= 15 is 0 Å². The number of carbonyl (C=O) groups is 1. The molecule has 0 spiro atoms. The quantitative estimate of drug-likeness (QED) is 0.494. The molecule has 3 aromatic rings. The standard InChI is InChI=1S/C23H22F3NO2/c1-16(20-13-5-10-18-9-2-3-12-21(18)20)27-22(28)29-14-6-8-17-7-4-11-19(15-17)23(24,25)26/h2-5,7,9-13,15-16H,6,8,14H2,1H3,(H,27,28)/t16-/m1/s1. The average molecular weight is 401 g/mol. The molecule has 0 aliphatic carbocycles. The molecular formula is C23H22F3NO2. The minimum Gasteiger partial charge on any atom is -0.450 e. The summed E-state index contributed by atoms with van der Waals surface area (Å²) in [5, 5.41) is 4.96. The van der Waals surface area contributed by atoms with Gasteiger partial charge in [0.25, 0.3) is 0 Å². The molecule has 3 nitrogen and oxygen atoms in total. The number of rotatable bonds is 6. The molecule has 0 unspecified atom stereocenters. The van der Waals surface area contributed by atoms with Crippen LogP contribution in [0.25, 0.3) is 10.8 Å². The van der Waals surface area contributed by atoms with Crippen molar-refractivity contribution in [1.29, 1.82) is 0 Å². The number of fused-ring (bicyclic) bond motifs is 1. The van der Waals surface area contributed by atoms with Crippen molar-refractivity contribution in [1.82, 2.24) is 5.32 Å². The summed E-state index contributed by atoms with van der Waals surface area (Å²) in [6.45, 7) is 2.01. The second-order valence-electron chi connectivity index (χ2n) is 6.87. The van der Waals surface area contributed by atoms with Gasteiger partial charge in [-0.05, 0) is 47.7 Å². The van der Waals surface area contributed by atoms with Crippen LogP contribution in [0.15, 0.2) is 66.7 Å². The molecule has 1 amide bonds. The zero-order valence-electron chi connectivity index (χ0n) is 16.0. The number of carbonyl (C=O) groups excluding carboxylic acids is 1. The molecule has 0 heterocycles. The molecule has 0 fully saturated rings. The van der Waals surface area contributed by atoms with E-state index in [9.17, 15) is 18.0 Å². The van der Waals surface area contributed by atoms with Crippen LogP contribution in [0.4, 0.5) is 18.0 Å². The van der Waals surface area contributed by atoms with Gasteiger partial charge in [0.15, 0.2) is 0 Å². The number of amides is 1. The maximum absolute atomic E-state index is 12.7. The van der Waals surface area contributed by atoms with Gasteiger partial charge in [-0.3, -0.25) is 0 Å².